The zero-order chi connectivity index (χ0) is 17.2. The summed E-state index contributed by atoms with van der Waals surface area (Å²) in [7, 11) is 1.68. The molecule has 1 saturated heterocycles. The molecule has 1 amide bonds. The number of anilines is 1. The number of rotatable bonds is 3. The van der Waals surface area contributed by atoms with Crippen LogP contribution in [0.25, 0.3) is 10.9 Å². The molecule has 0 spiro atoms. The number of hydrogen-bond acceptors (Lipinski definition) is 3. The van der Waals surface area contributed by atoms with E-state index >= 15 is 0 Å². The van der Waals surface area contributed by atoms with E-state index in [2.05, 4.69) is 16.0 Å². The molecule has 0 radical (unpaired) electrons. The van der Waals surface area contributed by atoms with Crippen LogP contribution in [0.3, 0.4) is 0 Å². The Balaban J connectivity index is 1.45. The first kappa shape index (κ1) is 15.6. The number of ether oxygens (including phenoxy) is 1. The van der Waals surface area contributed by atoms with Crippen molar-refractivity contribution in [3.05, 3.63) is 60.3 Å². The van der Waals surface area contributed by atoms with Gasteiger partial charge >= 0.3 is 0 Å². The molecular formula is C20H21N3O2. The van der Waals surface area contributed by atoms with Crippen LogP contribution in [-0.4, -0.2) is 49.1 Å². The van der Waals surface area contributed by atoms with Crippen molar-refractivity contribution in [3.8, 4) is 5.75 Å². The van der Waals surface area contributed by atoms with Gasteiger partial charge in [0.25, 0.3) is 5.91 Å². The van der Waals surface area contributed by atoms with Crippen LogP contribution < -0.4 is 9.64 Å². The van der Waals surface area contributed by atoms with Crippen molar-refractivity contribution in [1.82, 2.24) is 9.88 Å². The summed E-state index contributed by atoms with van der Waals surface area (Å²) in [6.45, 7) is 3.06. The second-order valence-electron chi connectivity index (χ2n) is 6.25. The summed E-state index contributed by atoms with van der Waals surface area (Å²) < 4.78 is 5.30. The normalized spacial score (nSPS) is 14.8. The third-order valence-corrected chi connectivity index (χ3v) is 4.75. The lowest BCUT2D eigenvalue weighted by Crippen LogP contribution is -2.48. The summed E-state index contributed by atoms with van der Waals surface area (Å²) in [4.78, 5) is 20.2. The maximum Gasteiger partial charge on any atom is 0.270 e. The van der Waals surface area contributed by atoms with Gasteiger partial charge < -0.3 is 19.5 Å². The summed E-state index contributed by atoms with van der Waals surface area (Å²) >= 11 is 0. The molecule has 0 aliphatic carbocycles. The molecule has 128 valence electrons. The van der Waals surface area contributed by atoms with Crippen molar-refractivity contribution in [3.63, 3.8) is 0 Å². The predicted molar refractivity (Wildman–Crippen MR) is 99.4 cm³/mol. The Morgan fingerprint density at radius 2 is 1.80 bits per heavy atom. The molecular weight excluding hydrogens is 314 g/mol. The first-order chi connectivity index (χ1) is 12.2. The number of nitrogens with one attached hydrogen (secondary N) is 1. The predicted octanol–water partition coefficient (Wildman–Crippen LogP) is 3.14. The van der Waals surface area contributed by atoms with E-state index in [1.54, 1.807) is 7.11 Å². The minimum Gasteiger partial charge on any atom is -0.497 e. The first-order valence-electron chi connectivity index (χ1n) is 8.50. The molecule has 4 rings (SSSR count). The van der Waals surface area contributed by atoms with Gasteiger partial charge in [-0.15, -0.1) is 0 Å². The molecule has 1 aromatic heterocycles. The van der Waals surface area contributed by atoms with E-state index in [4.69, 9.17) is 4.74 Å². The number of para-hydroxylation sites is 1. The number of hydrogen-bond donors (Lipinski definition) is 1. The summed E-state index contributed by atoms with van der Waals surface area (Å²) in [5.41, 5.74) is 2.80. The molecule has 0 bridgehead atoms. The molecule has 5 heteroatoms. The molecule has 0 unspecified atom stereocenters. The van der Waals surface area contributed by atoms with E-state index in [0.29, 0.717) is 18.8 Å². The van der Waals surface area contributed by atoms with Crippen molar-refractivity contribution in [2.45, 2.75) is 0 Å². The molecule has 1 aliphatic heterocycles. The third kappa shape index (κ3) is 3.05. The van der Waals surface area contributed by atoms with Crippen molar-refractivity contribution in [2.24, 2.45) is 0 Å². The van der Waals surface area contributed by atoms with E-state index in [1.165, 1.54) is 0 Å². The summed E-state index contributed by atoms with van der Waals surface area (Å²) in [5, 5.41) is 1.07. The number of carbonyl (C=O) groups is 1. The first-order valence-corrected chi connectivity index (χ1v) is 8.50. The molecule has 3 aromatic rings. The largest absolute Gasteiger partial charge is 0.497 e. The molecule has 0 saturated carbocycles. The maximum atomic E-state index is 12.8. The number of aromatic amines is 1. The highest BCUT2D eigenvalue weighted by atomic mass is 16.5. The average molecular weight is 335 g/mol. The van der Waals surface area contributed by atoms with Gasteiger partial charge in [-0.2, -0.15) is 0 Å². The number of amides is 1. The molecule has 2 aromatic carbocycles. The van der Waals surface area contributed by atoms with Crippen molar-refractivity contribution in [2.75, 3.05) is 38.2 Å². The number of benzene rings is 2. The van der Waals surface area contributed by atoms with Gasteiger partial charge in [0.1, 0.15) is 11.4 Å². The Labute approximate surface area is 146 Å². The number of methoxy groups -OCH3 is 1. The second-order valence-corrected chi connectivity index (χ2v) is 6.25. The number of fused-ring (bicyclic) bond motifs is 1. The van der Waals surface area contributed by atoms with Gasteiger partial charge in [0.2, 0.25) is 0 Å². The fourth-order valence-electron chi connectivity index (χ4n) is 3.33. The molecule has 5 nitrogen and oxygen atoms in total. The molecule has 2 heterocycles. The number of H-pyrrole nitrogens is 1. The lowest BCUT2D eigenvalue weighted by Gasteiger charge is -2.36. The molecule has 0 atom stereocenters. The van der Waals surface area contributed by atoms with Crippen LogP contribution in [0.1, 0.15) is 10.5 Å². The minimum absolute atomic E-state index is 0.0708. The summed E-state index contributed by atoms with van der Waals surface area (Å²) in [6, 6.07) is 18.0. The lowest BCUT2D eigenvalue weighted by atomic mass is 10.2. The van der Waals surface area contributed by atoms with Crippen LogP contribution in [0.2, 0.25) is 0 Å². The minimum atomic E-state index is 0.0708. The molecule has 1 aliphatic rings. The number of piperazine rings is 1. The van der Waals surface area contributed by atoms with Gasteiger partial charge in [-0.3, -0.25) is 4.79 Å². The maximum absolute atomic E-state index is 12.8. The van der Waals surface area contributed by atoms with Gasteiger partial charge in [-0.25, -0.2) is 0 Å². The highest BCUT2D eigenvalue weighted by Crippen LogP contribution is 2.23. The number of nitrogens with zero attached hydrogens (tertiary/aromatic N) is 2. The molecule has 1 N–H and O–H groups in total. The van der Waals surface area contributed by atoms with Crippen LogP contribution in [0.4, 0.5) is 5.69 Å². The zero-order valence-electron chi connectivity index (χ0n) is 14.2. The van der Waals surface area contributed by atoms with Gasteiger partial charge in [0.05, 0.1) is 7.11 Å². The van der Waals surface area contributed by atoms with E-state index < -0.39 is 0 Å². The lowest BCUT2D eigenvalue weighted by molar-refractivity contribution is 0.0742. The van der Waals surface area contributed by atoms with Crippen molar-refractivity contribution >= 4 is 22.5 Å². The Bertz CT molecular complexity index is 862. The smallest absolute Gasteiger partial charge is 0.270 e. The van der Waals surface area contributed by atoms with Gasteiger partial charge in [-0.05, 0) is 24.3 Å². The van der Waals surface area contributed by atoms with Gasteiger partial charge in [-0.1, -0.05) is 24.3 Å². The number of carbonyl (C=O) groups excluding carboxylic acids is 1. The Hall–Kier alpha value is -2.95. The third-order valence-electron chi connectivity index (χ3n) is 4.75. The van der Waals surface area contributed by atoms with E-state index in [1.807, 2.05) is 53.4 Å². The standard InChI is InChI=1S/C20H21N3O2/c1-25-17-7-4-6-16(14-17)22-9-11-23(12-10-22)20(24)19-13-15-5-2-3-8-18(15)21-19/h2-8,13-14,21H,9-12H2,1H3. The van der Waals surface area contributed by atoms with Gasteiger partial charge in [0, 0.05) is 48.8 Å². The van der Waals surface area contributed by atoms with Crippen LogP contribution in [-0.2, 0) is 0 Å². The Kier molecular flexibility index (Phi) is 4.06. The van der Waals surface area contributed by atoms with E-state index in [9.17, 15) is 4.79 Å². The fraction of sp³-hybridized carbons (Fsp3) is 0.250. The van der Waals surface area contributed by atoms with Crippen LogP contribution in [0.15, 0.2) is 54.6 Å². The van der Waals surface area contributed by atoms with Gasteiger partial charge in [0.15, 0.2) is 0 Å². The summed E-state index contributed by atoms with van der Waals surface area (Å²) in [5.74, 6) is 0.926. The van der Waals surface area contributed by atoms with Crippen LogP contribution in [0, 0.1) is 0 Å². The topological polar surface area (TPSA) is 48.6 Å². The Morgan fingerprint density at radius 1 is 1.00 bits per heavy atom. The Morgan fingerprint density at radius 3 is 2.56 bits per heavy atom. The van der Waals surface area contributed by atoms with E-state index in [0.717, 1.165) is 35.4 Å². The van der Waals surface area contributed by atoms with Crippen molar-refractivity contribution < 1.29 is 9.53 Å². The van der Waals surface area contributed by atoms with Crippen LogP contribution in [0.5, 0.6) is 5.75 Å². The monoisotopic (exact) mass is 335 g/mol. The molecule has 25 heavy (non-hydrogen) atoms. The zero-order valence-corrected chi connectivity index (χ0v) is 14.2. The van der Waals surface area contributed by atoms with E-state index in [-0.39, 0.29) is 5.91 Å². The quantitative estimate of drug-likeness (QED) is 0.800. The SMILES string of the molecule is COc1cccc(N2CCN(C(=O)c3cc4ccccc4[nH]3)CC2)c1. The van der Waals surface area contributed by atoms with Crippen LogP contribution >= 0.6 is 0 Å². The summed E-state index contributed by atoms with van der Waals surface area (Å²) in [6.07, 6.45) is 0. The highest BCUT2D eigenvalue weighted by Gasteiger charge is 2.23. The number of aromatic nitrogens is 1. The highest BCUT2D eigenvalue weighted by molar-refractivity contribution is 5.98. The second kappa shape index (κ2) is 6.51. The van der Waals surface area contributed by atoms with Crippen molar-refractivity contribution in [1.29, 1.82) is 0 Å². The molecule has 1 fully saturated rings. The fourth-order valence-corrected chi connectivity index (χ4v) is 3.33. The average Bonchev–Trinajstić information content (AvgIpc) is 3.12.